The highest BCUT2D eigenvalue weighted by molar-refractivity contribution is 6.06. The van der Waals surface area contributed by atoms with E-state index in [0.717, 1.165) is 11.1 Å². The summed E-state index contributed by atoms with van der Waals surface area (Å²) in [6, 6.07) is 7.87. The number of aryl methyl sites for hydroxylation is 2. The van der Waals surface area contributed by atoms with E-state index >= 15 is 0 Å². The number of imide groups is 1. The Morgan fingerprint density at radius 3 is 2.96 bits per heavy atom. The van der Waals surface area contributed by atoms with Crippen LogP contribution in [-0.2, 0) is 20.8 Å². The van der Waals surface area contributed by atoms with E-state index in [1.807, 2.05) is 31.2 Å². The lowest BCUT2D eigenvalue weighted by Gasteiger charge is -2.20. The molecule has 1 aromatic carbocycles. The number of nitrogens with one attached hydrogen (secondary N) is 1. The Morgan fingerprint density at radius 2 is 2.21 bits per heavy atom. The SMILES string of the molecule is Cc1cccc(-c2noc(CCCC(=O)N3CCC4(CC(=O)NC4=O)C3)n2)c1. The van der Waals surface area contributed by atoms with Crippen LogP contribution in [0, 0.1) is 12.3 Å². The van der Waals surface area contributed by atoms with Crippen LogP contribution in [0.5, 0.6) is 0 Å². The molecular formula is C20H22N4O4. The minimum atomic E-state index is -0.720. The van der Waals surface area contributed by atoms with Gasteiger partial charge in [-0.2, -0.15) is 4.98 Å². The van der Waals surface area contributed by atoms with Gasteiger partial charge in [0.2, 0.25) is 29.4 Å². The van der Waals surface area contributed by atoms with E-state index in [1.165, 1.54) is 0 Å². The molecule has 3 amide bonds. The normalized spacial score (nSPS) is 21.5. The molecule has 2 aromatic rings. The number of carbonyl (C=O) groups excluding carboxylic acids is 3. The Bertz CT molecular complexity index is 938. The average molecular weight is 382 g/mol. The first-order chi connectivity index (χ1) is 13.4. The second-order valence-corrected chi connectivity index (χ2v) is 7.63. The van der Waals surface area contributed by atoms with Crippen molar-refractivity contribution >= 4 is 17.7 Å². The maximum atomic E-state index is 12.5. The Morgan fingerprint density at radius 1 is 1.36 bits per heavy atom. The predicted molar refractivity (Wildman–Crippen MR) is 98.8 cm³/mol. The lowest BCUT2D eigenvalue weighted by Crippen LogP contribution is -2.36. The van der Waals surface area contributed by atoms with Crippen LogP contribution in [0.15, 0.2) is 28.8 Å². The second kappa shape index (κ2) is 7.18. The summed E-state index contributed by atoms with van der Waals surface area (Å²) in [6.07, 6.45) is 2.17. The third kappa shape index (κ3) is 3.54. The number of hydrogen-bond donors (Lipinski definition) is 1. The average Bonchev–Trinajstić information content (AvgIpc) is 3.35. The molecule has 1 spiro atoms. The molecule has 146 valence electrons. The lowest BCUT2D eigenvalue weighted by molar-refractivity contribution is -0.131. The van der Waals surface area contributed by atoms with Crippen molar-refractivity contribution in [1.82, 2.24) is 20.4 Å². The molecule has 4 rings (SSSR count). The van der Waals surface area contributed by atoms with Crippen molar-refractivity contribution in [3.63, 3.8) is 0 Å². The van der Waals surface area contributed by atoms with E-state index in [-0.39, 0.29) is 24.1 Å². The molecule has 8 nitrogen and oxygen atoms in total. The van der Waals surface area contributed by atoms with Gasteiger partial charge in [0.1, 0.15) is 0 Å². The van der Waals surface area contributed by atoms with E-state index in [4.69, 9.17) is 4.52 Å². The minimum absolute atomic E-state index is 0.0116. The fraction of sp³-hybridized carbons (Fsp3) is 0.450. The first kappa shape index (κ1) is 18.3. The largest absolute Gasteiger partial charge is 0.342 e. The van der Waals surface area contributed by atoms with E-state index in [9.17, 15) is 14.4 Å². The molecular weight excluding hydrogens is 360 g/mol. The van der Waals surface area contributed by atoms with Gasteiger partial charge >= 0.3 is 0 Å². The summed E-state index contributed by atoms with van der Waals surface area (Å²) < 4.78 is 5.29. The quantitative estimate of drug-likeness (QED) is 0.788. The maximum absolute atomic E-state index is 12.5. The highest BCUT2D eigenvalue weighted by Crippen LogP contribution is 2.37. The first-order valence-electron chi connectivity index (χ1n) is 9.47. The van der Waals surface area contributed by atoms with E-state index in [2.05, 4.69) is 15.5 Å². The van der Waals surface area contributed by atoms with Gasteiger partial charge in [-0.3, -0.25) is 19.7 Å². The smallest absolute Gasteiger partial charge is 0.235 e. The lowest BCUT2D eigenvalue weighted by atomic mass is 9.85. The van der Waals surface area contributed by atoms with E-state index in [1.54, 1.807) is 4.90 Å². The molecule has 1 unspecified atom stereocenters. The van der Waals surface area contributed by atoms with Crippen LogP contribution in [-0.4, -0.2) is 45.9 Å². The Hall–Kier alpha value is -3.03. The van der Waals surface area contributed by atoms with Crippen LogP contribution in [0.25, 0.3) is 11.4 Å². The summed E-state index contributed by atoms with van der Waals surface area (Å²) in [6.45, 7) is 2.84. The van der Waals surface area contributed by atoms with Crippen molar-refractivity contribution in [1.29, 1.82) is 0 Å². The highest BCUT2D eigenvalue weighted by Gasteiger charge is 2.51. The Balaban J connectivity index is 1.28. The first-order valence-corrected chi connectivity index (χ1v) is 9.47. The molecule has 1 atom stereocenters. The van der Waals surface area contributed by atoms with Gasteiger partial charge in [-0.1, -0.05) is 28.9 Å². The zero-order valence-corrected chi connectivity index (χ0v) is 15.7. The number of rotatable bonds is 5. The molecule has 0 saturated carbocycles. The summed E-state index contributed by atoms with van der Waals surface area (Å²) in [5.41, 5.74) is 1.30. The molecule has 0 radical (unpaired) electrons. The molecule has 8 heteroatoms. The topological polar surface area (TPSA) is 105 Å². The number of carbonyl (C=O) groups is 3. The summed E-state index contributed by atoms with van der Waals surface area (Å²) in [7, 11) is 0. The summed E-state index contributed by atoms with van der Waals surface area (Å²) >= 11 is 0. The molecule has 2 saturated heterocycles. The molecule has 3 heterocycles. The maximum Gasteiger partial charge on any atom is 0.235 e. The number of likely N-dealkylation sites (tertiary alicyclic amines) is 1. The Labute approximate surface area is 162 Å². The zero-order valence-electron chi connectivity index (χ0n) is 15.7. The summed E-state index contributed by atoms with van der Waals surface area (Å²) in [5, 5.41) is 6.36. The fourth-order valence-corrected chi connectivity index (χ4v) is 3.91. The highest BCUT2D eigenvalue weighted by atomic mass is 16.5. The minimum Gasteiger partial charge on any atom is -0.342 e. The predicted octanol–water partition coefficient (Wildman–Crippen LogP) is 1.63. The van der Waals surface area contributed by atoms with Crippen LogP contribution in [0.2, 0.25) is 0 Å². The summed E-state index contributed by atoms with van der Waals surface area (Å²) in [5.74, 6) is 0.538. The standard InChI is InChI=1S/C20H22N4O4/c1-13-4-2-5-14(10-13)18-22-16(28-23-18)6-3-7-17(26)24-9-8-20(12-24)11-15(25)21-19(20)27/h2,4-5,10H,3,6-9,11-12H2,1H3,(H,21,25,27). The molecule has 0 bridgehead atoms. The van der Waals surface area contributed by atoms with Gasteiger partial charge < -0.3 is 9.42 Å². The van der Waals surface area contributed by atoms with Gasteiger partial charge in [-0.25, -0.2) is 0 Å². The number of hydrogen-bond acceptors (Lipinski definition) is 6. The molecule has 1 N–H and O–H groups in total. The van der Waals surface area contributed by atoms with Crippen molar-refractivity contribution in [2.45, 2.75) is 39.0 Å². The number of aromatic nitrogens is 2. The van der Waals surface area contributed by atoms with Gasteiger partial charge in [0, 0.05) is 37.9 Å². The van der Waals surface area contributed by atoms with Crippen molar-refractivity contribution < 1.29 is 18.9 Å². The zero-order chi connectivity index (χ0) is 19.7. The molecule has 1 aromatic heterocycles. The van der Waals surface area contributed by atoms with Crippen LogP contribution >= 0.6 is 0 Å². The van der Waals surface area contributed by atoms with E-state index in [0.29, 0.717) is 50.5 Å². The molecule has 0 aliphatic carbocycles. The number of nitrogens with zero attached hydrogens (tertiary/aromatic N) is 3. The molecule has 2 aliphatic heterocycles. The van der Waals surface area contributed by atoms with Crippen LogP contribution in [0.4, 0.5) is 0 Å². The van der Waals surface area contributed by atoms with Crippen LogP contribution in [0.1, 0.15) is 37.1 Å². The second-order valence-electron chi connectivity index (χ2n) is 7.63. The van der Waals surface area contributed by atoms with Crippen molar-refractivity contribution in [3.8, 4) is 11.4 Å². The van der Waals surface area contributed by atoms with Crippen molar-refractivity contribution in [2.24, 2.45) is 5.41 Å². The summed E-state index contributed by atoms with van der Waals surface area (Å²) in [4.78, 5) is 42.1. The number of benzene rings is 1. The van der Waals surface area contributed by atoms with Crippen molar-refractivity contribution in [2.75, 3.05) is 13.1 Å². The monoisotopic (exact) mass is 382 g/mol. The van der Waals surface area contributed by atoms with Gasteiger partial charge in [-0.05, 0) is 25.8 Å². The van der Waals surface area contributed by atoms with Crippen LogP contribution < -0.4 is 5.32 Å². The Kier molecular flexibility index (Phi) is 4.70. The van der Waals surface area contributed by atoms with Crippen LogP contribution in [0.3, 0.4) is 0 Å². The molecule has 2 aliphatic rings. The third-order valence-corrected chi connectivity index (χ3v) is 5.47. The molecule has 28 heavy (non-hydrogen) atoms. The van der Waals surface area contributed by atoms with Gasteiger partial charge in [-0.15, -0.1) is 0 Å². The van der Waals surface area contributed by atoms with Gasteiger partial charge in [0.15, 0.2) is 0 Å². The molecule has 2 fully saturated rings. The fourth-order valence-electron chi connectivity index (χ4n) is 3.91. The van der Waals surface area contributed by atoms with Crippen molar-refractivity contribution in [3.05, 3.63) is 35.7 Å². The van der Waals surface area contributed by atoms with E-state index < -0.39 is 5.41 Å². The third-order valence-electron chi connectivity index (χ3n) is 5.47. The number of amides is 3. The van der Waals surface area contributed by atoms with Gasteiger partial charge in [0.25, 0.3) is 0 Å². The van der Waals surface area contributed by atoms with Gasteiger partial charge in [0.05, 0.1) is 5.41 Å².